The van der Waals surface area contributed by atoms with E-state index in [9.17, 15) is 13.6 Å². The number of nitrogens with zero attached hydrogens (tertiary/aromatic N) is 2. The average Bonchev–Trinajstić information content (AvgIpc) is 2.92. The first-order valence-electron chi connectivity index (χ1n) is 8.78. The maximum absolute atomic E-state index is 14.6. The topological polar surface area (TPSA) is 25.2 Å². The van der Waals surface area contributed by atoms with Gasteiger partial charge in [0.1, 0.15) is 12.5 Å². The first-order chi connectivity index (χ1) is 11.6. The molecular weight excluding hydrogens is 310 g/mol. The fourth-order valence-electron chi connectivity index (χ4n) is 4.04. The Hall–Kier alpha value is -1.91. The minimum atomic E-state index is -0.499. The number of amides is 1. The zero-order valence-corrected chi connectivity index (χ0v) is 14.3. The maximum Gasteiger partial charge on any atom is 0.230 e. The number of likely N-dealkylation sites (N-methyl/N-ethyl adjacent to an activating group) is 1. The zero-order valence-electron chi connectivity index (χ0n) is 14.3. The number of carbonyl (C=O) groups excluding carboxylic acids is 1. The molecule has 1 unspecified atom stereocenters. The van der Waals surface area contributed by atoms with Crippen molar-refractivity contribution in [3.8, 4) is 0 Å². The van der Waals surface area contributed by atoms with Gasteiger partial charge in [-0.2, -0.15) is 0 Å². The van der Waals surface area contributed by atoms with E-state index in [-0.39, 0.29) is 24.2 Å². The molecular formula is C19H24F2N2O. The summed E-state index contributed by atoms with van der Waals surface area (Å²) in [6.45, 7) is 4.92. The molecule has 0 fully saturated rings. The van der Waals surface area contributed by atoms with Crippen LogP contribution in [-0.4, -0.2) is 35.1 Å². The number of aromatic nitrogens is 1. The van der Waals surface area contributed by atoms with Crippen LogP contribution in [0.2, 0.25) is 0 Å². The minimum absolute atomic E-state index is 0.0588. The van der Waals surface area contributed by atoms with Crippen molar-refractivity contribution in [3.63, 3.8) is 0 Å². The molecule has 0 radical (unpaired) electrons. The van der Waals surface area contributed by atoms with E-state index in [0.29, 0.717) is 24.0 Å². The minimum Gasteiger partial charge on any atom is -0.343 e. The lowest BCUT2D eigenvalue weighted by Gasteiger charge is -2.29. The SMILES string of the molecule is CCN(CC)C(=O)C1CCCc2c1c1c(F)cccc1n2CCF. The molecule has 0 saturated heterocycles. The second kappa shape index (κ2) is 6.91. The van der Waals surface area contributed by atoms with Crippen LogP contribution in [0.4, 0.5) is 8.78 Å². The third kappa shape index (κ3) is 2.60. The van der Waals surface area contributed by atoms with Gasteiger partial charge in [-0.3, -0.25) is 4.79 Å². The molecule has 1 aliphatic carbocycles. The fraction of sp³-hybridized carbons (Fsp3) is 0.526. The molecule has 0 saturated carbocycles. The van der Waals surface area contributed by atoms with Crippen LogP contribution in [0.1, 0.15) is 43.9 Å². The monoisotopic (exact) mass is 334 g/mol. The highest BCUT2D eigenvalue weighted by molar-refractivity contribution is 5.94. The molecule has 0 bridgehead atoms. The molecule has 1 atom stereocenters. The van der Waals surface area contributed by atoms with Crippen molar-refractivity contribution in [2.75, 3.05) is 19.8 Å². The van der Waals surface area contributed by atoms with Gasteiger partial charge in [0, 0.05) is 24.2 Å². The highest BCUT2D eigenvalue weighted by atomic mass is 19.1. The predicted molar refractivity (Wildman–Crippen MR) is 91.5 cm³/mol. The molecule has 5 heteroatoms. The third-order valence-corrected chi connectivity index (χ3v) is 5.12. The van der Waals surface area contributed by atoms with Crippen molar-refractivity contribution in [3.05, 3.63) is 35.3 Å². The summed E-state index contributed by atoms with van der Waals surface area (Å²) in [4.78, 5) is 14.8. The lowest BCUT2D eigenvalue weighted by Crippen LogP contribution is -2.36. The van der Waals surface area contributed by atoms with E-state index in [4.69, 9.17) is 0 Å². The number of aryl methyl sites for hydroxylation is 1. The van der Waals surface area contributed by atoms with E-state index in [1.54, 1.807) is 11.0 Å². The standard InChI is InChI=1S/C19H24F2N2O/c1-3-22(4-2)19(24)13-7-5-9-15-17(13)18-14(21)8-6-10-16(18)23(15)12-11-20/h6,8,10,13H,3-5,7,9,11-12H2,1-2H3. The van der Waals surface area contributed by atoms with Gasteiger partial charge in [-0.1, -0.05) is 6.07 Å². The molecule has 0 spiro atoms. The summed E-state index contributed by atoms with van der Waals surface area (Å²) in [6.07, 6.45) is 2.37. The summed E-state index contributed by atoms with van der Waals surface area (Å²) in [6, 6.07) is 4.90. The Bertz CT molecular complexity index is 749. The molecule has 3 rings (SSSR count). The van der Waals surface area contributed by atoms with E-state index in [1.165, 1.54) is 6.07 Å². The van der Waals surface area contributed by atoms with Crippen molar-refractivity contribution in [2.24, 2.45) is 0 Å². The van der Waals surface area contributed by atoms with E-state index >= 15 is 0 Å². The Morgan fingerprint density at radius 3 is 2.75 bits per heavy atom. The summed E-state index contributed by atoms with van der Waals surface area (Å²) in [7, 11) is 0. The van der Waals surface area contributed by atoms with Gasteiger partial charge in [-0.25, -0.2) is 8.78 Å². The normalized spacial score (nSPS) is 17.1. The van der Waals surface area contributed by atoms with Crippen LogP contribution >= 0.6 is 0 Å². The Morgan fingerprint density at radius 1 is 1.33 bits per heavy atom. The van der Waals surface area contributed by atoms with E-state index in [2.05, 4.69) is 0 Å². The smallest absolute Gasteiger partial charge is 0.230 e. The van der Waals surface area contributed by atoms with Crippen molar-refractivity contribution in [1.82, 2.24) is 9.47 Å². The van der Waals surface area contributed by atoms with Gasteiger partial charge in [-0.05, 0) is 50.8 Å². The molecule has 2 aromatic rings. The largest absolute Gasteiger partial charge is 0.343 e. The van der Waals surface area contributed by atoms with Crippen LogP contribution in [-0.2, 0) is 17.8 Å². The maximum atomic E-state index is 14.6. The summed E-state index contributed by atoms with van der Waals surface area (Å²) in [5, 5.41) is 0.506. The molecule has 3 nitrogen and oxygen atoms in total. The van der Waals surface area contributed by atoms with Gasteiger partial charge < -0.3 is 9.47 Å². The Morgan fingerprint density at radius 2 is 2.08 bits per heavy atom. The zero-order chi connectivity index (χ0) is 17.3. The molecule has 1 heterocycles. The number of alkyl halides is 1. The number of halogens is 2. The number of hydrogen-bond donors (Lipinski definition) is 0. The van der Waals surface area contributed by atoms with Gasteiger partial charge in [0.2, 0.25) is 5.91 Å². The first-order valence-corrected chi connectivity index (χ1v) is 8.78. The number of hydrogen-bond acceptors (Lipinski definition) is 1. The Kier molecular flexibility index (Phi) is 4.88. The number of rotatable bonds is 5. The molecule has 130 valence electrons. The fourth-order valence-corrected chi connectivity index (χ4v) is 4.04. The van der Waals surface area contributed by atoms with E-state index in [0.717, 1.165) is 30.5 Å². The summed E-state index contributed by atoms with van der Waals surface area (Å²) in [5.41, 5.74) is 2.43. The second-order valence-electron chi connectivity index (χ2n) is 6.29. The third-order valence-electron chi connectivity index (χ3n) is 5.12. The van der Waals surface area contributed by atoms with Crippen molar-refractivity contribution in [1.29, 1.82) is 0 Å². The lowest BCUT2D eigenvalue weighted by molar-refractivity contribution is -0.132. The van der Waals surface area contributed by atoms with Gasteiger partial charge in [0.05, 0.1) is 18.0 Å². The average molecular weight is 334 g/mol. The van der Waals surface area contributed by atoms with Crippen LogP contribution in [0.5, 0.6) is 0 Å². The molecule has 1 aromatic heterocycles. The van der Waals surface area contributed by atoms with E-state index in [1.807, 2.05) is 24.5 Å². The molecule has 24 heavy (non-hydrogen) atoms. The van der Waals surface area contributed by atoms with Crippen LogP contribution in [0.3, 0.4) is 0 Å². The van der Waals surface area contributed by atoms with Crippen LogP contribution in [0.25, 0.3) is 10.9 Å². The predicted octanol–water partition coefficient (Wildman–Crippen LogP) is 4.04. The number of benzene rings is 1. The van der Waals surface area contributed by atoms with Gasteiger partial charge in [0.15, 0.2) is 0 Å². The Balaban J connectivity index is 2.21. The number of carbonyl (C=O) groups is 1. The summed E-state index contributed by atoms with van der Waals surface area (Å²) < 4.78 is 29.5. The van der Waals surface area contributed by atoms with Gasteiger partial charge in [-0.15, -0.1) is 0 Å². The molecule has 1 amide bonds. The van der Waals surface area contributed by atoms with Crippen molar-refractivity contribution >= 4 is 16.8 Å². The van der Waals surface area contributed by atoms with Crippen LogP contribution in [0.15, 0.2) is 18.2 Å². The van der Waals surface area contributed by atoms with Crippen molar-refractivity contribution < 1.29 is 13.6 Å². The quantitative estimate of drug-likeness (QED) is 0.810. The second-order valence-corrected chi connectivity index (χ2v) is 6.29. The van der Waals surface area contributed by atoms with Crippen LogP contribution in [0, 0.1) is 5.82 Å². The highest BCUT2D eigenvalue weighted by Crippen LogP contribution is 2.41. The van der Waals surface area contributed by atoms with Gasteiger partial charge in [0.25, 0.3) is 0 Å². The molecule has 0 N–H and O–H groups in total. The molecule has 1 aliphatic rings. The molecule has 1 aromatic carbocycles. The van der Waals surface area contributed by atoms with E-state index < -0.39 is 6.67 Å². The Labute approximate surface area is 141 Å². The highest BCUT2D eigenvalue weighted by Gasteiger charge is 2.34. The van der Waals surface area contributed by atoms with Gasteiger partial charge >= 0.3 is 0 Å². The summed E-state index contributed by atoms with van der Waals surface area (Å²) >= 11 is 0. The van der Waals surface area contributed by atoms with Crippen LogP contribution < -0.4 is 0 Å². The summed E-state index contributed by atoms with van der Waals surface area (Å²) in [5.74, 6) is -0.585. The lowest BCUT2D eigenvalue weighted by atomic mass is 9.84. The first kappa shape index (κ1) is 16.9. The van der Waals surface area contributed by atoms with Crippen molar-refractivity contribution in [2.45, 2.75) is 45.6 Å². The molecule has 0 aliphatic heterocycles. The number of fused-ring (bicyclic) bond motifs is 3.